The minimum absolute atomic E-state index is 0.0169. The Hall–Kier alpha value is -1.48. The van der Waals surface area contributed by atoms with E-state index in [1.807, 2.05) is 12.1 Å². The van der Waals surface area contributed by atoms with Crippen molar-refractivity contribution in [2.45, 2.75) is 6.92 Å². The third-order valence-electron chi connectivity index (χ3n) is 2.92. The van der Waals surface area contributed by atoms with Gasteiger partial charge in [-0.15, -0.1) is 0 Å². The zero-order valence-electron chi connectivity index (χ0n) is 10.9. The van der Waals surface area contributed by atoms with Gasteiger partial charge in [-0.2, -0.15) is 0 Å². The van der Waals surface area contributed by atoms with E-state index in [-0.39, 0.29) is 11.6 Å². The van der Waals surface area contributed by atoms with E-state index < -0.39 is 4.92 Å². The van der Waals surface area contributed by atoms with Crippen LogP contribution >= 0.6 is 38.5 Å². The zero-order valence-corrected chi connectivity index (χ0v) is 14.6. The Balaban J connectivity index is 2.34. The molecule has 0 bridgehead atoms. The number of benzene rings is 2. The normalized spacial score (nSPS) is 10.2. The first kappa shape index (κ1) is 15.9. The number of carbonyl (C=O) groups is 1. The number of nitro groups is 1. The van der Waals surface area contributed by atoms with Crippen molar-refractivity contribution in [2.75, 3.05) is 5.32 Å². The molecule has 2 aromatic rings. The topological polar surface area (TPSA) is 72.2 Å². The Kier molecular flexibility index (Phi) is 4.94. The number of anilines is 1. The fourth-order valence-electron chi connectivity index (χ4n) is 1.82. The summed E-state index contributed by atoms with van der Waals surface area (Å²) in [5.41, 5.74) is 1.36. The number of nitrogens with one attached hydrogen (secondary N) is 1. The van der Waals surface area contributed by atoms with Crippen LogP contribution in [0.5, 0.6) is 0 Å². The second-order valence-electron chi connectivity index (χ2n) is 4.29. The van der Waals surface area contributed by atoms with Gasteiger partial charge in [0.15, 0.2) is 0 Å². The van der Waals surface area contributed by atoms with Crippen molar-refractivity contribution in [1.82, 2.24) is 0 Å². The largest absolute Gasteiger partial charge is 0.321 e. The second-order valence-corrected chi connectivity index (χ2v) is 6.36. The number of halogens is 2. The first-order valence-corrected chi connectivity index (χ1v) is 7.77. The quantitative estimate of drug-likeness (QED) is 0.415. The average Bonchev–Trinajstić information content (AvgIpc) is 2.43. The van der Waals surface area contributed by atoms with Crippen LogP contribution in [0, 0.1) is 20.6 Å². The third-order valence-corrected chi connectivity index (χ3v) is 4.36. The number of carbonyl (C=O) groups excluding carboxylic acids is 1. The van der Waals surface area contributed by atoms with Crippen LogP contribution in [-0.4, -0.2) is 10.8 Å². The average molecular weight is 461 g/mol. The molecule has 1 amide bonds. The van der Waals surface area contributed by atoms with E-state index >= 15 is 0 Å². The van der Waals surface area contributed by atoms with Crippen LogP contribution in [0.15, 0.2) is 40.9 Å². The summed E-state index contributed by atoms with van der Waals surface area (Å²) in [4.78, 5) is 22.8. The highest BCUT2D eigenvalue weighted by molar-refractivity contribution is 14.1. The van der Waals surface area contributed by atoms with Gasteiger partial charge in [-0.1, -0.05) is 22.0 Å². The third kappa shape index (κ3) is 3.59. The van der Waals surface area contributed by atoms with Gasteiger partial charge >= 0.3 is 0 Å². The van der Waals surface area contributed by atoms with Crippen molar-refractivity contribution in [3.63, 3.8) is 0 Å². The molecule has 7 heteroatoms. The molecular weight excluding hydrogens is 451 g/mol. The molecule has 0 saturated heterocycles. The van der Waals surface area contributed by atoms with Crippen molar-refractivity contribution >= 4 is 55.8 Å². The molecule has 2 aromatic carbocycles. The molecule has 0 unspecified atom stereocenters. The summed E-state index contributed by atoms with van der Waals surface area (Å²) in [6, 6.07) is 9.98. The highest BCUT2D eigenvalue weighted by atomic mass is 127. The molecular formula is C14H10BrIN2O3. The van der Waals surface area contributed by atoms with Crippen LogP contribution in [-0.2, 0) is 0 Å². The Labute approximate surface area is 143 Å². The van der Waals surface area contributed by atoms with Crippen LogP contribution < -0.4 is 5.32 Å². The van der Waals surface area contributed by atoms with E-state index in [1.54, 1.807) is 25.1 Å². The van der Waals surface area contributed by atoms with E-state index in [4.69, 9.17) is 0 Å². The van der Waals surface area contributed by atoms with Crippen molar-refractivity contribution in [3.05, 3.63) is 65.7 Å². The van der Waals surface area contributed by atoms with Gasteiger partial charge in [-0.05, 0) is 53.8 Å². The molecule has 0 spiro atoms. The first-order valence-electron chi connectivity index (χ1n) is 5.90. The molecule has 108 valence electrons. The van der Waals surface area contributed by atoms with Crippen LogP contribution in [0.4, 0.5) is 11.4 Å². The fourth-order valence-corrected chi connectivity index (χ4v) is 2.76. The lowest BCUT2D eigenvalue weighted by Gasteiger charge is -2.10. The highest BCUT2D eigenvalue weighted by Gasteiger charge is 2.16. The molecule has 21 heavy (non-hydrogen) atoms. The van der Waals surface area contributed by atoms with E-state index in [0.717, 1.165) is 8.04 Å². The molecule has 0 aliphatic rings. The SMILES string of the molecule is Cc1c(NC(=O)c2cc(Br)ccc2I)cccc1[N+](=O)[O-]. The maximum absolute atomic E-state index is 12.3. The van der Waals surface area contributed by atoms with E-state index in [1.165, 1.54) is 6.07 Å². The highest BCUT2D eigenvalue weighted by Crippen LogP contribution is 2.26. The van der Waals surface area contributed by atoms with Crippen LogP contribution in [0.25, 0.3) is 0 Å². The fraction of sp³-hybridized carbons (Fsp3) is 0.0714. The number of rotatable bonds is 3. The van der Waals surface area contributed by atoms with Gasteiger partial charge in [0.25, 0.3) is 11.6 Å². The van der Waals surface area contributed by atoms with E-state index in [2.05, 4.69) is 43.8 Å². The smallest absolute Gasteiger partial charge is 0.274 e. The van der Waals surface area contributed by atoms with Gasteiger partial charge in [0.2, 0.25) is 0 Å². The van der Waals surface area contributed by atoms with E-state index in [9.17, 15) is 14.9 Å². The Morgan fingerprint density at radius 3 is 2.71 bits per heavy atom. The number of amides is 1. The summed E-state index contributed by atoms with van der Waals surface area (Å²) >= 11 is 5.39. The lowest BCUT2D eigenvalue weighted by atomic mass is 10.1. The number of hydrogen-bond donors (Lipinski definition) is 1. The predicted octanol–water partition coefficient (Wildman–Crippen LogP) is 4.52. The minimum Gasteiger partial charge on any atom is -0.321 e. The zero-order chi connectivity index (χ0) is 15.6. The molecule has 2 rings (SSSR count). The molecule has 0 fully saturated rings. The summed E-state index contributed by atoms with van der Waals surface area (Å²) in [6.45, 7) is 1.61. The maximum Gasteiger partial charge on any atom is 0.274 e. The standard InChI is InChI=1S/C14H10BrIN2O3/c1-8-12(3-2-4-13(8)18(20)21)17-14(19)10-7-9(15)5-6-11(10)16/h2-7H,1H3,(H,17,19). The van der Waals surface area contributed by atoms with Crippen molar-refractivity contribution in [1.29, 1.82) is 0 Å². The number of nitro benzene ring substituents is 1. The molecule has 0 radical (unpaired) electrons. The van der Waals surface area contributed by atoms with E-state index in [0.29, 0.717) is 16.8 Å². The second kappa shape index (κ2) is 6.52. The van der Waals surface area contributed by atoms with Gasteiger partial charge in [-0.25, -0.2) is 0 Å². The maximum atomic E-state index is 12.3. The summed E-state index contributed by atoms with van der Waals surface area (Å²) in [7, 11) is 0. The van der Waals surface area contributed by atoms with Crippen molar-refractivity contribution < 1.29 is 9.72 Å². The van der Waals surface area contributed by atoms with Crippen molar-refractivity contribution in [3.8, 4) is 0 Å². The first-order chi connectivity index (χ1) is 9.90. The molecule has 0 heterocycles. The summed E-state index contributed by atoms with van der Waals surface area (Å²) in [5.74, 6) is -0.302. The van der Waals surface area contributed by atoms with Gasteiger partial charge in [-0.3, -0.25) is 14.9 Å². The number of nitrogens with zero attached hydrogens (tertiary/aromatic N) is 1. The predicted molar refractivity (Wildman–Crippen MR) is 92.6 cm³/mol. The molecule has 1 N–H and O–H groups in total. The molecule has 0 aliphatic carbocycles. The van der Waals surface area contributed by atoms with Crippen LogP contribution in [0.3, 0.4) is 0 Å². The summed E-state index contributed by atoms with van der Waals surface area (Å²) in [5, 5.41) is 13.6. The molecule has 0 aromatic heterocycles. The van der Waals surface area contributed by atoms with Crippen molar-refractivity contribution in [2.24, 2.45) is 0 Å². The molecule has 0 atom stereocenters. The van der Waals surface area contributed by atoms with Gasteiger partial charge in [0, 0.05) is 14.1 Å². The molecule has 0 saturated carbocycles. The Bertz CT molecular complexity index is 734. The van der Waals surface area contributed by atoms with Gasteiger partial charge < -0.3 is 5.32 Å². The van der Waals surface area contributed by atoms with Crippen LogP contribution in [0.2, 0.25) is 0 Å². The Morgan fingerprint density at radius 2 is 2.05 bits per heavy atom. The Morgan fingerprint density at radius 1 is 1.33 bits per heavy atom. The number of hydrogen-bond acceptors (Lipinski definition) is 3. The summed E-state index contributed by atoms with van der Waals surface area (Å²) < 4.78 is 1.60. The summed E-state index contributed by atoms with van der Waals surface area (Å²) in [6.07, 6.45) is 0. The molecule has 0 aliphatic heterocycles. The van der Waals surface area contributed by atoms with Crippen LogP contribution in [0.1, 0.15) is 15.9 Å². The van der Waals surface area contributed by atoms with Gasteiger partial charge in [0.05, 0.1) is 21.7 Å². The van der Waals surface area contributed by atoms with Gasteiger partial charge in [0.1, 0.15) is 0 Å². The lowest BCUT2D eigenvalue weighted by molar-refractivity contribution is -0.385. The lowest BCUT2D eigenvalue weighted by Crippen LogP contribution is -2.14. The minimum atomic E-state index is -0.464. The monoisotopic (exact) mass is 460 g/mol. The molecule has 5 nitrogen and oxygen atoms in total.